The molecule has 0 aromatic heterocycles. The highest BCUT2D eigenvalue weighted by atomic mass is 32.2. The van der Waals surface area contributed by atoms with Gasteiger partial charge in [0.1, 0.15) is 0 Å². The smallest absolute Gasteiger partial charge is 0.338 e. The molecule has 0 aliphatic carbocycles. The van der Waals surface area contributed by atoms with Crippen molar-refractivity contribution >= 4 is 28.8 Å². The van der Waals surface area contributed by atoms with Crippen molar-refractivity contribution < 1.29 is 14.3 Å². The summed E-state index contributed by atoms with van der Waals surface area (Å²) in [6, 6.07) is 15.8. The Bertz CT molecular complexity index is 1230. The second-order valence-electron chi connectivity index (χ2n) is 8.87. The van der Waals surface area contributed by atoms with E-state index in [-0.39, 0.29) is 18.3 Å². The van der Waals surface area contributed by atoms with Gasteiger partial charge in [-0.3, -0.25) is 4.79 Å². The zero-order chi connectivity index (χ0) is 25.1. The van der Waals surface area contributed by atoms with Crippen molar-refractivity contribution in [3.8, 4) is 0 Å². The van der Waals surface area contributed by atoms with E-state index in [0.717, 1.165) is 38.8 Å². The number of methoxy groups -OCH3 is 1. The summed E-state index contributed by atoms with van der Waals surface area (Å²) in [5.74, 6) is -0.383. The van der Waals surface area contributed by atoms with E-state index in [1.807, 2.05) is 68.5 Å². The van der Waals surface area contributed by atoms with Crippen molar-refractivity contribution in [3.63, 3.8) is 0 Å². The van der Waals surface area contributed by atoms with E-state index in [2.05, 4.69) is 18.2 Å². The third-order valence-corrected chi connectivity index (χ3v) is 7.27. The zero-order valence-corrected chi connectivity index (χ0v) is 21.7. The summed E-state index contributed by atoms with van der Waals surface area (Å²) in [5.41, 5.74) is 6.36. The zero-order valence-electron chi connectivity index (χ0n) is 20.9. The van der Waals surface area contributed by atoms with Gasteiger partial charge in [0, 0.05) is 19.3 Å². The minimum atomic E-state index is -0.404. The Morgan fingerprint density at radius 1 is 1.14 bits per heavy atom. The minimum Gasteiger partial charge on any atom is -0.466 e. The number of hydrogen-bond acceptors (Lipinski definition) is 6. The van der Waals surface area contributed by atoms with Crippen molar-refractivity contribution in [1.29, 1.82) is 0 Å². The number of amidine groups is 1. The highest BCUT2D eigenvalue weighted by molar-refractivity contribution is 8.16. The van der Waals surface area contributed by atoms with E-state index in [0.29, 0.717) is 18.5 Å². The van der Waals surface area contributed by atoms with Gasteiger partial charge >= 0.3 is 5.97 Å². The van der Waals surface area contributed by atoms with Gasteiger partial charge in [-0.1, -0.05) is 72.8 Å². The number of benzene rings is 2. The highest BCUT2D eigenvalue weighted by Crippen LogP contribution is 2.46. The topological polar surface area (TPSA) is 62.2 Å². The van der Waals surface area contributed by atoms with Crippen LogP contribution in [0.2, 0.25) is 0 Å². The SMILES string of the molecule is CCC1=C(C(=O)OC)[C@@H](c2cc(C)ccc2C)N2C(CC(=O)N(C)Cc3ccccc3)=CSC2=N1. The fourth-order valence-electron chi connectivity index (χ4n) is 4.50. The molecule has 1 atom stereocenters. The molecule has 0 saturated carbocycles. The third-order valence-electron chi connectivity index (χ3n) is 6.38. The molecule has 2 aromatic rings. The number of amides is 1. The Balaban J connectivity index is 1.70. The number of hydrogen-bond donors (Lipinski definition) is 0. The molecular formula is C28H31N3O3S. The number of fused-ring (bicyclic) bond motifs is 1. The van der Waals surface area contributed by atoms with Crippen LogP contribution in [0, 0.1) is 13.8 Å². The number of thioether (sulfide) groups is 1. The number of carbonyl (C=O) groups is 2. The average Bonchev–Trinajstić information content (AvgIpc) is 3.26. The van der Waals surface area contributed by atoms with Crippen molar-refractivity contribution in [2.45, 2.75) is 46.2 Å². The molecule has 35 heavy (non-hydrogen) atoms. The first-order valence-electron chi connectivity index (χ1n) is 11.7. The lowest BCUT2D eigenvalue weighted by atomic mass is 9.89. The lowest BCUT2D eigenvalue weighted by molar-refractivity contribution is -0.136. The Labute approximate surface area is 211 Å². The maximum Gasteiger partial charge on any atom is 0.338 e. The van der Waals surface area contributed by atoms with Crippen LogP contribution in [0.15, 0.2) is 75.9 Å². The largest absolute Gasteiger partial charge is 0.466 e. The maximum atomic E-state index is 13.2. The van der Waals surface area contributed by atoms with E-state index < -0.39 is 6.04 Å². The Hall–Kier alpha value is -3.32. The number of nitrogens with zero attached hydrogens (tertiary/aromatic N) is 3. The molecule has 0 radical (unpaired) electrons. The molecule has 7 heteroatoms. The molecule has 0 unspecified atom stereocenters. The van der Waals surface area contributed by atoms with Gasteiger partial charge in [0.15, 0.2) is 5.17 Å². The van der Waals surface area contributed by atoms with Crippen LogP contribution in [0.3, 0.4) is 0 Å². The van der Waals surface area contributed by atoms with Crippen LogP contribution in [-0.2, 0) is 20.9 Å². The van der Waals surface area contributed by atoms with Crippen LogP contribution < -0.4 is 0 Å². The number of aliphatic imine (C=N–C) groups is 1. The fraction of sp³-hybridized carbons (Fsp3) is 0.321. The molecule has 2 heterocycles. The third kappa shape index (κ3) is 5.05. The van der Waals surface area contributed by atoms with Gasteiger partial charge in [-0.15, -0.1) is 0 Å². The second kappa shape index (κ2) is 10.5. The van der Waals surface area contributed by atoms with Gasteiger partial charge in [0.05, 0.1) is 30.8 Å². The van der Waals surface area contributed by atoms with Crippen LogP contribution in [0.4, 0.5) is 0 Å². The summed E-state index contributed by atoms with van der Waals surface area (Å²) in [7, 11) is 3.22. The summed E-state index contributed by atoms with van der Waals surface area (Å²) in [4.78, 5) is 34.9. The summed E-state index contributed by atoms with van der Waals surface area (Å²) in [6.45, 7) is 6.62. The van der Waals surface area contributed by atoms with E-state index in [1.54, 1.807) is 4.90 Å². The Kier molecular flexibility index (Phi) is 7.45. The van der Waals surface area contributed by atoms with Crippen molar-refractivity contribution in [2.75, 3.05) is 14.2 Å². The fourth-order valence-corrected chi connectivity index (χ4v) is 5.43. The molecule has 4 rings (SSSR count). The monoisotopic (exact) mass is 489 g/mol. The number of aryl methyl sites for hydroxylation is 2. The average molecular weight is 490 g/mol. The molecule has 2 aliphatic heterocycles. The first-order chi connectivity index (χ1) is 16.8. The summed E-state index contributed by atoms with van der Waals surface area (Å²) >= 11 is 1.50. The predicted molar refractivity (Wildman–Crippen MR) is 140 cm³/mol. The van der Waals surface area contributed by atoms with Gasteiger partial charge < -0.3 is 14.5 Å². The Morgan fingerprint density at radius 2 is 1.89 bits per heavy atom. The normalized spacial score (nSPS) is 17.1. The summed E-state index contributed by atoms with van der Waals surface area (Å²) in [6.07, 6.45) is 0.824. The van der Waals surface area contributed by atoms with Crippen LogP contribution >= 0.6 is 11.8 Å². The molecule has 2 aliphatic rings. The Morgan fingerprint density at radius 3 is 2.57 bits per heavy atom. The van der Waals surface area contributed by atoms with E-state index >= 15 is 0 Å². The van der Waals surface area contributed by atoms with Crippen LogP contribution in [0.1, 0.15) is 48.1 Å². The molecule has 1 amide bonds. The number of esters is 1. The first kappa shape index (κ1) is 24.8. The molecule has 0 saturated heterocycles. The first-order valence-corrected chi connectivity index (χ1v) is 12.6. The number of rotatable bonds is 7. The molecule has 0 fully saturated rings. The molecule has 0 bridgehead atoms. The van der Waals surface area contributed by atoms with Crippen molar-refractivity contribution in [2.24, 2.45) is 4.99 Å². The van der Waals surface area contributed by atoms with E-state index in [4.69, 9.17) is 9.73 Å². The standard InChI is InChI=1S/C28H31N3O3S/c1-6-23-25(27(33)34-5)26(22-14-18(2)12-13-19(22)3)31-21(17-35-28(31)29-23)15-24(32)30(4)16-20-10-8-7-9-11-20/h7-14,17,26H,6,15-16H2,1-5H3/t26-/m1/s1. The number of ether oxygens (including phenoxy) is 1. The van der Waals surface area contributed by atoms with Gasteiger partial charge in [-0.25, -0.2) is 9.79 Å². The lowest BCUT2D eigenvalue weighted by Crippen LogP contribution is -2.38. The number of allylic oxidation sites excluding steroid dienone is 1. The molecule has 0 N–H and O–H groups in total. The molecule has 2 aromatic carbocycles. The van der Waals surface area contributed by atoms with Gasteiger partial charge in [-0.2, -0.15) is 0 Å². The van der Waals surface area contributed by atoms with Gasteiger partial charge in [0.2, 0.25) is 5.91 Å². The van der Waals surface area contributed by atoms with E-state index in [1.165, 1.54) is 18.9 Å². The van der Waals surface area contributed by atoms with Crippen LogP contribution in [0.5, 0.6) is 0 Å². The van der Waals surface area contributed by atoms with Gasteiger partial charge in [-0.05, 0) is 42.4 Å². The summed E-state index contributed by atoms with van der Waals surface area (Å²) < 4.78 is 5.22. The van der Waals surface area contributed by atoms with Crippen LogP contribution in [0.25, 0.3) is 0 Å². The highest BCUT2D eigenvalue weighted by Gasteiger charge is 2.42. The molecule has 182 valence electrons. The summed E-state index contributed by atoms with van der Waals surface area (Å²) in [5, 5.41) is 2.77. The molecule has 0 spiro atoms. The van der Waals surface area contributed by atoms with E-state index in [9.17, 15) is 9.59 Å². The lowest BCUT2D eigenvalue weighted by Gasteiger charge is -2.37. The molecule has 6 nitrogen and oxygen atoms in total. The van der Waals surface area contributed by atoms with Crippen molar-refractivity contribution in [1.82, 2.24) is 9.80 Å². The predicted octanol–water partition coefficient (Wildman–Crippen LogP) is 5.49. The molecular weight excluding hydrogens is 458 g/mol. The second-order valence-corrected chi connectivity index (χ2v) is 9.71. The quantitative estimate of drug-likeness (QED) is 0.481. The van der Waals surface area contributed by atoms with Crippen LogP contribution in [-0.4, -0.2) is 41.0 Å². The number of carbonyl (C=O) groups excluding carboxylic acids is 2. The maximum absolute atomic E-state index is 13.2. The van der Waals surface area contributed by atoms with Crippen molar-refractivity contribution in [3.05, 3.63) is 93.2 Å². The van der Waals surface area contributed by atoms with Gasteiger partial charge in [0.25, 0.3) is 0 Å². The minimum absolute atomic E-state index is 0.00607.